The van der Waals surface area contributed by atoms with Gasteiger partial charge in [0.1, 0.15) is 11.4 Å². The maximum atomic E-state index is 14.2. The molecule has 2 aromatic rings. The van der Waals surface area contributed by atoms with Crippen LogP contribution in [0, 0.1) is 11.6 Å². The molecule has 0 fully saturated rings. The zero-order valence-electron chi connectivity index (χ0n) is 10.3. The number of aromatic nitrogens is 1. The Labute approximate surface area is 113 Å². The molecule has 1 aliphatic rings. The Morgan fingerprint density at radius 1 is 1.30 bits per heavy atom. The molecule has 4 nitrogen and oxygen atoms in total. The number of aromatic carboxylic acids is 1. The van der Waals surface area contributed by atoms with Crippen molar-refractivity contribution in [3.63, 3.8) is 0 Å². The molecular weight excluding hydrogens is 266 g/mol. The summed E-state index contributed by atoms with van der Waals surface area (Å²) in [6, 6.07) is 5.39. The molecular formula is C14H10F2N2O2. The first-order valence-corrected chi connectivity index (χ1v) is 6.01. The third-order valence-corrected chi connectivity index (χ3v) is 3.30. The smallest absolute Gasteiger partial charge is 0.338 e. The molecule has 0 bridgehead atoms. The van der Waals surface area contributed by atoms with Crippen LogP contribution in [0.4, 0.5) is 20.3 Å². The summed E-state index contributed by atoms with van der Waals surface area (Å²) in [5.74, 6) is -2.78. The molecule has 0 amide bonds. The molecule has 0 aliphatic carbocycles. The van der Waals surface area contributed by atoms with Gasteiger partial charge in [-0.05, 0) is 30.2 Å². The van der Waals surface area contributed by atoms with Crippen molar-refractivity contribution < 1.29 is 18.7 Å². The van der Waals surface area contributed by atoms with E-state index in [2.05, 4.69) is 4.98 Å². The Kier molecular flexibility index (Phi) is 2.85. The predicted molar refractivity (Wildman–Crippen MR) is 68.3 cm³/mol. The van der Waals surface area contributed by atoms with Crippen molar-refractivity contribution in [2.24, 2.45) is 0 Å². The number of carbonyl (C=O) groups is 1. The zero-order valence-corrected chi connectivity index (χ0v) is 10.3. The van der Waals surface area contributed by atoms with Gasteiger partial charge in [-0.15, -0.1) is 0 Å². The van der Waals surface area contributed by atoms with Crippen LogP contribution in [0.3, 0.4) is 0 Å². The molecule has 102 valence electrons. The highest BCUT2D eigenvalue weighted by molar-refractivity contribution is 5.89. The van der Waals surface area contributed by atoms with E-state index in [0.717, 1.165) is 11.6 Å². The Morgan fingerprint density at radius 2 is 2.10 bits per heavy atom. The topological polar surface area (TPSA) is 53.4 Å². The van der Waals surface area contributed by atoms with Gasteiger partial charge in [0, 0.05) is 18.4 Å². The van der Waals surface area contributed by atoms with E-state index < -0.39 is 23.2 Å². The van der Waals surface area contributed by atoms with Gasteiger partial charge in [-0.3, -0.25) is 0 Å². The van der Waals surface area contributed by atoms with Crippen LogP contribution < -0.4 is 4.90 Å². The van der Waals surface area contributed by atoms with Crippen LogP contribution in [0.15, 0.2) is 30.5 Å². The first-order valence-electron chi connectivity index (χ1n) is 6.01. The van der Waals surface area contributed by atoms with Gasteiger partial charge in [-0.1, -0.05) is 6.07 Å². The Bertz CT molecular complexity index is 704. The SMILES string of the molecule is O=C(O)c1ccnc(N2CCc3ccc(F)cc32)c1F. The zero-order chi connectivity index (χ0) is 14.3. The molecule has 0 spiro atoms. The van der Waals surface area contributed by atoms with Gasteiger partial charge in [-0.25, -0.2) is 18.6 Å². The normalized spacial score (nSPS) is 13.4. The van der Waals surface area contributed by atoms with Crippen LogP contribution in [0.25, 0.3) is 0 Å². The number of anilines is 2. The lowest BCUT2D eigenvalue weighted by atomic mass is 10.1. The second-order valence-electron chi connectivity index (χ2n) is 4.48. The Morgan fingerprint density at radius 3 is 2.85 bits per heavy atom. The van der Waals surface area contributed by atoms with E-state index >= 15 is 0 Å². The summed E-state index contributed by atoms with van der Waals surface area (Å²) < 4.78 is 27.5. The highest BCUT2D eigenvalue weighted by Gasteiger charge is 2.26. The first-order chi connectivity index (χ1) is 9.58. The number of carboxylic acid groups (broad SMARTS) is 1. The van der Waals surface area contributed by atoms with E-state index in [9.17, 15) is 13.6 Å². The molecule has 1 aliphatic heterocycles. The first kappa shape index (κ1) is 12.5. The predicted octanol–water partition coefficient (Wildman–Crippen LogP) is 2.75. The molecule has 20 heavy (non-hydrogen) atoms. The van der Waals surface area contributed by atoms with Crippen molar-refractivity contribution >= 4 is 17.5 Å². The second-order valence-corrected chi connectivity index (χ2v) is 4.48. The van der Waals surface area contributed by atoms with Gasteiger partial charge in [-0.2, -0.15) is 0 Å². The van der Waals surface area contributed by atoms with Crippen molar-refractivity contribution in [1.82, 2.24) is 4.98 Å². The number of benzene rings is 1. The van der Waals surface area contributed by atoms with E-state index in [0.29, 0.717) is 18.7 Å². The lowest BCUT2D eigenvalue weighted by Gasteiger charge is -2.19. The van der Waals surface area contributed by atoms with Crippen LogP contribution >= 0.6 is 0 Å². The van der Waals surface area contributed by atoms with Gasteiger partial charge in [0.05, 0.1) is 0 Å². The summed E-state index contributed by atoms with van der Waals surface area (Å²) in [6.07, 6.45) is 1.87. The summed E-state index contributed by atoms with van der Waals surface area (Å²) >= 11 is 0. The molecule has 3 rings (SSSR count). The van der Waals surface area contributed by atoms with Crippen molar-refractivity contribution in [3.05, 3.63) is 53.2 Å². The average Bonchev–Trinajstić information content (AvgIpc) is 2.81. The second kappa shape index (κ2) is 4.56. The van der Waals surface area contributed by atoms with Crippen LogP contribution in [-0.2, 0) is 6.42 Å². The standard InChI is InChI=1S/C14H10F2N2O2/c15-9-2-1-8-4-6-18(11(8)7-9)13-12(16)10(14(19)20)3-5-17-13/h1-3,5,7H,4,6H2,(H,19,20). The number of carboxylic acids is 1. The van der Waals surface area contributed by atoms with E-state index in [4.69, 9.17) is 5.11 Å². The summed E-state index contributed by atoms with van der Waals surface area (Å²) in [4.78, 5) is 16.3. The third-order valence-electron chi connectivity index (χ3n) is 3.30. The molecule has 2 heterocycles. The summed E-state index contributed by atoms with van der Waals surface area (Å²) in [7, 11) is 0. The highest BCUT2D eigenvalue weighted by atomic mass is 19.1. The molecule has 0 saturated heterocycles. The number of fused-ring (bicyclic) bond motifs is 1. The van der Waals surface area contributed by atoms with Gasteiger partial charge in [0.2, 0.25) is 0 Å². The molecule has 6 heteroatoms. The van der Waals surface area contributed by atoms with Crippen molar-refractivity contribution in [2.75, 3.05) is 11.4 Å². The molecule has 0 radical (unpaired) electrons. The van der Waals surface area contributed by atoms with Crippen molar-refractivity contribution in [3.8, 4) is 0 Å². The largest absolute Gasteiger partial charge is 0.478 e. The molecule has 1 aromatic carbocycles. The average molecular weight is 276 g/mol. The molecule has 0 atom stereocenters. The van der Waals surface area contributed by atoms with Gasteiger partial charge >= 0.3 is 5.97 Å². The highest BCUT2D eigenvalue weighted by Crippen LogP contribution is 2.35. The Hall–Kier alpha value is -2.50. The summed E-state index contributed by atoms with van der Waals surface area (Å²) in [6.45, 7) is 0.436. The van der Waals surface area contributed by atoms with Gasteiger partial charge in [0.15, 0.2) is 11.6 Å². The monoisotopic (exact) mass is 276 g/mol. The maximum Gasteiger partial charge on any atom is 0.338 e. The Balaban J connectivity index is 2.11. The fourth-order valence-corrected chi connectivity index (χ4v) is 2.36. The number of pyridine rings is 1. The number of rotatable bonds is 2. The maximum absolute atomic E-state index is 14.2. The van der Waals surface area contributed by atoms with Crippen LogP contribution in [0.5, 0.6) is 0 Å². The van der Waals surface area contributed by atoms with E-state index in [1.165, 1.54) is 23.2 Å². The number of nitrogens with zero attached hydrogens (tertiary/aromatic N) is 2. The number of hydrogen-bond acceptors (Lipinski definition) is 3. The third kappa shape index (κ3) is 1.89. The fourth-order valence-electron chi connectivity index (χ4n) is 2.36. The minimum atomic E-state index is -1.36. The van der Waals surface area contributed by atoms with Gasteiger partial charge in [0.25, 0.3) is 0 Å². The van der Waals surface area contributed by atoms with Crippen molar-refractivity contribution in [2.45, 2.75) is 6.42 Å². The minimum Gasteiger partial charge on any atom is -0.478 e. The van der Waals surface area contributed by atoms with E-state index in [-0.39, 0.29) is 5.82 Å². The van der Waals surface area contributed by atoms with E-state index in [1.807, 2.05) is 0 Å². The fraction of sp³-hybridized carbons (Fsp3) is 0.143. The summed E-state index contributed by atoms with van der Waals surface area (Å²) in [5, 5.41) is 8.93. The van der Waals surface area contributed by atoms with Crippen LogP contribution in [-0.4, -0.2) is 22.6 Å². The van der Waals surface area contributed by atoms with Crippen LogP contribution in [0.1, 0.15) is 15.9 Å². The molecule has 0 saturated carbocycles. The minimum absolute atomic E-state index is 0.0887. The van der Waals surface area contributed by atoms with Crippen molar-refractivity contribution in [1.29, 1.82) is 0 Å². The van der Waals surface area contributed by atoms with Gasteiger partial charge < -0.3 is 10.0 Å². The van der Waals surface area contributed by atoms with E-state index in [1.54, 1.807) is 6.07 Å². The quantitative estimate of drug-likeness (QED) is 0.916. The number of halogens is 2. The van der Waals surface area contributed by atoms with Crippen LogP contribution in [0.2, 0.25) is 0 Å². The summed E-state index contributed by atoms with van der Waals surface area (Å²) in [5.41, 5.74) is 0.965. The number of hydrogen-bond donors (Lipinski definition) is 1. The molecule has 0 unspecified atom stereocenters. The lowest BCUT2D eigenvalue weighted by molar-refractivity contribution is 0.0692. The lowest BCUT2D eigenvalue weighted by Crippen LogP contribution is -2.18. The molecule has 1 aromatic heterocycles. The molecule has 1 N–H and O–H groups in total.